The lowest BCUT2D eigenvalue weighted by Gasteiger charge is -2.12. The van der Waals surface area contributed by atoms with Crippen LogP contribution in [-0.2, 0) is 4.79 Å². The molecule has 1 aliphatic heterocycles. The molecule has 2 rings (SSSR count). The Labute approximate surface area is 105 Å². The molecular weight excluding hydrogens is 232 g/mol. The fraction of sp³-hybridized carbons (Fsp3) is 0.385. The van der Waals surface area contributed by atoms with E-state index in [1.807, 2.05) is 0 Å². The van der Waals surface area contributed by atoms with Gasteiger partial charge in [0.2, 0.25) is 5.91 Å². The van der Waals surface area contributed by atoms with E-state index in [0.29, 0.717) is 18.5 Å². The zero-order chi connectivity index (χ0) is 13.1. The van der Waals surface area contributed by atoms with E-state index in [9.17, 15) is 14.7 Å². The number of phenolic OH excluding ortho intramolecular Hbond substituents is 1. The summed E-state index contributed by atoms with van der Waals surface area (Å²) in [7, 11) is 0. The number of aromatic hydroxyl groups is 1. The third-order valence-corrected chi connectivity index (χ3v) is 3.05. The second-order valence-corrected chi connectivity index (χ2v) is 4.51. The van der Waals surface area contributed by atoms with Crippen LogP contribution in [0.1, 0.15) is 28.8 Å². The van der Waals surface area contributed by atoms with Crippen molar-refractivity contribution >= 4 is 11.8 Å². The topological polar surface area (TPSA) is 78.4 Å². The van der Waals surface area contributed by atoms with Crippen molar-refractivity contribution in [2.24, 2.45) is 0 Å². The van der Waals surface area contributed by atoms with Crippen LogP contribution in [-0.4, -0.2) is 29.5 Å². The Morgan fingerprint density at radius 3 is 2.94 bits per heavy atom. The van der Waals surface area contributed by atoms with Gasteiger partial charge in [0.25, 0.3) is 5.91 Å². The minimum atomic E-state index is -0.186. The maximum atomic E-state index is 11.9. The van der Waals surface area contributed by atoms with E-state index >= 15 is 0 Å². The average molecular weight is 248 g/mol. The minimum absolute atomic E-state index is 0.0267. The van der Waals surface area contributed by atoms with Gasteiger partial charge in [0.1, 0.15) is 5.75 Å². The van der Waals surface area contributed by atoms with Crippen LogP contribution in [0.5, 0.6) is 5.75 Å². The molecule has 18 heavy (non-hydrogen) atoms. The van der Waals surface area contributed by atoms with Crippen LogP contribution in [0, 0.1) is 6.92 Å². The maximum Gasteiger partial charge on any atom is 0.251 e. The quantitative estimate of drug-likeness (QED) is 0.737. The fourth-order valence-electron chi connectivity index (χ4n) is 2.04. The van der Waals surface area contributed by atoms with Crippen molar-refractivity contribution in [1.82, 2.24) is 10.6 Å². The van der Waals surface area contributed by atoms with Crippen molar-refractivity contribution in [1.29, 1.82) is 0 Å². The maximum absolute atomic E-state index is 11.9. The molecule has 1 fully saturated rings. The van der Waals surface area contributed by atoms with Gasteiger partial charge in [-0.05, 0) is 37.1 Å². The Balaban J connectivity index is 1.93. The number of hydrogen-bond acceptors (Lipinski definition) is 3. The van der Waals surface area contributed by atoms with Gasteiger partial charge in [-0.15, -0.1) is 0 Å². The summed E-state index contributed by atoms with van der Waals surface area (Å²) in [5.74, 6) is -0.00387. The molecule has 96 valence electrons. The van der Waals surface area contributed by atoms with Crippen molar-refractivity contribution in [2.75, 3.05) is 6.54 Å². The van der Waals surface area contributed by atoms with E-state index in [1.165, 1.54) is 6.07 Å². The van der Waals surface area contributed by atoms with Crippen LogP contribution in [0.2, 0.25) is 0 Å². The first-order chi connectivity index (χ1) is 8.56. The molecule has 0 radical (unpaired) electrons. The van der Waals surface area contributed by atoms with Crippen molar-refractivity contribution in [2.45, 2.75) is 25.8 Å². The van der Waals surface area contributed by atoms with E-state index in [-0.39, 0.29) is 23.6 Å². The van der Waals surface area contributed by atoms with Crippen LogP contribution in [0.15, 0.2) is 18.2 Å². The Morgan fingerprint density at radius 2 is 2.33 bits per heavy atom. The van der Waals surface area contributed by atoms with Crippen molar-refractivity contribution in [3.63, 3.8) is 0 Å². The molecule has 1 aromatic rings. The zero-order valence-electron chi connectivity index (χ0n) is 10.2. The summed E-state index contributed by atoms with van der Waals surface area (Å²) in [4.78, 5) is 22.9. The molecule has 0 saturated carbocycles. The number of rotatable bonds is 3. The summed E-state index contributed by atoms with van der Waals surface area (Å²) < 4.78 is 0. The van der Waals surface area contributed by atoms with Gasteiger partial charge in [-0.1, -0.05) is 0 Å². The van der Waals surface area contributed by atoms with Crippen LogP contribution in [0.25, 0.3) is 0 Å². The summed E-state index contributed by atoms with van der Waals surface area (Å²) >= 11 is 0. The van der Waals surface area contributed by atoms with Crippen LogP contribution >= 0.6 is 0 Å². The third-order valence-electron chi connectivity index (χ3n) is 3.05. The van der Waals surface area contributed by atoms with E-state index in [1.54, 1.807) is 19.1 Å². The smallest absolute Gasteiger partial charge is 0.251 e. The molecule has 1 saturated heterocycles. The second-order valence-electron chi connectivity index (χ2n) is 4.51. The van der Waals surface area contributed by atoms with Gasteiger partial charge in [0.15, 0.2) is 0 Å². The first-order valence-electron chi connectivity index (χ1n) is 5.93. The molecule has 0 aliphatic carbocycles. The highest BCUT2D eigenvalue weighted by Crippen LogP contribution is 2.15. The molecule has 1 heterocycles. The number of phenols is 1. The molecule has 1 aliphatic rings. The highest BCUT2D eigenvalue weighted by molar-refractivity contribution is 5.95. The molecule has 0 aromatic heterocycles. The summed E-state index contributed by atoms with van der Waals surface area (Å²) in [5, 5.41) is 14.8. The highest BCUT2D eigenvalue weighted by Gasteiger charge is 2.21. The monoisotopic (exact) mass is 248 g/mol. The number of carbonyl (C=O) groups is 2. The van der Waals surface area contributed by atoms with Gasteiger partial charge in [0.05, 0.1) is 0 Å². The molecular formula is C13H16N2O3. The van der Waals surface area contributed by atoms with Gasteiger partial charge in [-0.3, -0.25) is 9.59 Å². The lowest BCUT2D eigenvalue weighted by atomic mass is 10.1. The van der Waals surface area contributed by atoms with Gasteiger partial charge in [-0.25, -0.2) is 0 Å². The molecule has 1 aromatic carbocycles. The van der Waals surface area contributed by atoms with E-state index < -0.39 is 0 Å². The number of hydrogen-bond donors (Lipinski definition) is 3. The summed E-state index contributed by atoms with van der Waals surface area (Å²) in [5.41, 5.74) is 1.26. The van der Waals surface area contributed by atoms with E-state index in [2.05, 4.69) is 10.6 Å². The third kappa shape index (κ3) is 2.80. The largest absolute Gasteiger partial charge is 0.508 e. The number of benzene rings is 1. The first-order valence-corrected chi connectivity index (χ1v) is 5.93. The SMILES string of the molecule is Cc1cc(O)ccc1C(=O)NCC1CCC(=O)N1. The Morgan fingerprint density at radius 1 is 1.56 bits per heavy atom. The number of aryl methyl sites for hydroxylation is 1. The number of amides is 2. The Bertz CT molecular complexity index is 485. The number of carbonyl (C=O) groups excluding carboxylic acids is 2. The van der Waals surface area contributed by atoms with Crippen molar-refractivity contribution in [3.05, 3.63) is 29.3 Å². The molecule has 0 bridgehead atoms. The lowest BCUT2D eigenvalue weighted by molar-refractivity contribution is -0.119. The minimum Gasteiger partial charge on any atom is -0.508 e. The van der Waals surface area contributed by atoms with Gasteiger partial charge >= 0.3 is 0 Å². The van der Waals surface area contributed by atoms with E-state index in [0.717, 1.165) is 12.0 Å². The standard InChI is InChI=1S/C13H16N2O3/c1-8-6-10(16)3-4-11(8)13(18)14-7-9-2-5-12(17)15-9/h3-4,6,9,16H,2,5,7H2,1H3,(H,14,18)(H,15,17). The van der Waals surface area contributed by atoms with E-state index in [4.69, 9.17) is 0 Å². The number of nitrogens with one attached hydrogen (secondary N) is 2. The molecule has 1 unspecified atom stereocenters. The highest BCUT2D eigenvalue weighted by atomic mass is 16.3. The molecule has 5 nitrogen and oxygen atoms in total. The molecule has 0 spiro atoms. The Kier molecular flexibility index (Phi) is 3.50. The molecule has 5 heteroatoms. The molecule has 1 atom stereocenters. The van der Waals surface area contributed by atoms with Crippen LogP contribution in [0.4, 0.5) is 0 Å². The van der Waals surface area contributed by atoms with Crippen molar-refractivity contribution in [3.8, 4) is 5.75 Å². The zero-order valence-corrected chi connectivity index (χ0v) is 10.2. The fourth-order valence-corrected chi connectivity index (χ4v) is 2.04. The van der Waals surface area contributed by atoms with Crippen LogP contribution < -0.4 is 10.6 Å². The Hall–Kier alpha value is -2.04. The normalized spacial score (nSPS) is 18.5. The van der Waals surface area contributed by atoms with Gasteiger partial charge in [-0.2, -0.15) is 0 Å². The predicted octanol–water partition coefficient (Wildman–Crippen LogP) is 0.709. The average Bonchev–Trinajstić information content (AvgIpc) is 2.72. The van der Waals surface area contributed by atoms with Crippen LogP contribution in [0.3, 0.4) is 0 Å². The molecule has 3 N–H and O–H groups in total. The van der Waals surface area contributed by atoms with Gasteiger partial charge < -0.3 is 15.7 Å². The first kappa shape index (κ1) is 12.4. The summed E-state index contributed by atoms with van der Waals surface area (Å²) in [6, 6.07) is 4.65. The second kappa shape index (κ2) is 5.08. The summed E-state index contributed by atoms with van der Waals surface area (Å²) in [6.07, 6.45) is 1.28. The lowest BCUT2D eigenvalue weighted by Crippen LogP contribution is -2.38. The van der Waals surface area contributed by atoms with Gasteiger partial charge in [0, 0.05) is 24.6 Å². The molecule has 2 amide bonds. The summed E-state index contributed by atoms with van der Waals surface area (Å²) in [6.45, 7) is 2.21. The predicted molar refractivity (Wildman–Crippen MR) is 66.3 cm³/mol. The van der Waals surface area contributed by atoms with Crippen molar-refractivity contribution < 1.29 is 14.7 Å².